The van der Waals surface area contributed by atoms with Crippen molar-refractivity contribution in [3.8, 4) is 0 Å². The lowest BCUT2D eigenvalue weighted by Gasteiger charge is -2.11. The van der Waals surface area contributed by atoms with E-state index in [-0.39, 0.29) is 5.82 Å². The van der Waals surface area contributed by atoms with Gasteiger partial charge in [-0.25, -0.2) is 9.37 Å². The fourth-order valence-electron chi connectivity index (χ4n) is 2.53. The lowest BCUT2D eigenvalue weighted by atomic mass is 10.2. The third-order valence-corrected chi connectivity index (χ3v) is 4.61. The maximum absolute atomic E-state index is 13.9. The zero-order valence-electron chi connectivity index (χ0n) is 13.2. The summed E-state index contributed by atoms with van der Waals surface area (Å²) < 4.78 is 13.9. The van der Waals surface area contributed by atoms with E-state index in [1.54, 1.807) is 29.5 Å². The van der Waals surface area contributed by atoms with Gasteiger partial charge < -0.3 is 10.6 Å². The predicted molar refractivity (Wildman–Crippen MR) is 101 cm³/mol. The molecule has 2 aromatic carbocycles. The van der Waals surface area contributed by atoms with Gasteiger partial charge in [-0.1, -0.05) is 30.3 Å². The van der Waals surface area contributed by atoms with Crippen molar-refractivity contribution in [1.29, 1.82) is 0 Å². The number of hydrogen-bond acceptors (Lipinski definition) is 5. The first-order chi connectivity index (χ1) is 12.3. The summed E-state index contributed by atoms with van der Waals surface area (Å²) in [5, 5.41) is 9.29. The zero-order valence-corrected chi connectivity index (χ0v) is 14.1. The normalized spacial score (nSPS) is 10.8. The maximum atomic E-state index is 13.9. The number of thiophene rings is 1. The molecule has 6 heteroatoms. The molecule has 0 bridgehead atoms. The summed E-state index contributed by atoms with van der Waals surface area (Å²) in [6.07, 6.45) is 0. The van der Waals surface area contributed by atoms with Crippen LogP contribution in [0.5, 0.6) is 0 Å². The number of para-hydroxylation sites is 2. The minimum absolute atomic E-state index is 0.340. The molecule has 2 N–H and O–H groups in total. The van der Waals surface area contributed by atoms with Crippen molar-refractivity contribution < 1.29 is 4.39 Å². The molecule has 0 fully saturated rings. The second-order valence-corrected chi connectivity index (χ2v) is 6.48. The molecule has 0 aliphatic rings. The van der Waals surface area contributed by atoms with E-state index in [4.69, 9.17) is 0 Å². The van der Waals surface area contributed by atoms with Crippen LogP contribution in [0, 0.1) is 5.82 Å². The highest BCUT2D eigenvalue weighted by Crippen LogP contribution is 2.25. The molecule has 4 nitrogen and oxygen atoms in total. The number of fused-ring (bicyclic) bond motifs is 1. The number of anilines is 3. The van der Waals surface area contributed by atoms with Crippen LogP contribution >= 0.6 is 11.3 Å². The first kappa shape index (κ1) is 15.5. The van der Waals surface area contributed by atoms with Gasteiger partial charge in [0.15, 0.2) is 0 Å². The molecular formula is C19H15FN4S. The monoisotopic (exact) mass is 350 g/mol. The van der Waals surface area contributed by atoms with Crippen molar-refractivity contribution in [2.75, 3.05) is 10.6 Å². The molecule has 0 radical (unpaired) electrons. The van der Waals surface area contributed by atoms with Gasteiger partial charge >= 0.3 is 0 Å². The summed E-state index contributed by atoms with van der Waals surface area (Å²) in [6.45, 7) is 0.678. The van der Waals surface area contributed by atoms with Crippen molar-refractivity contribution >= 4 is 39.7 Å². The van der Waals surface area contributed by atoms with Crippen LogP contribution in [-0.2, 0) is 6.54 Å². The third kappa shape index (κ3) is 3.44. The Morgan fingerprint density at radius 1 is 0.920 bits per heavy atom. The van der Waals surface area contributed by atoms with Crippen LogP contribution in [0.4, 0.5) is 21.8 Å². The number of nitrogens with one attached hydrogen (secondary N) is 2. The fraction of sp³-hybridized carbons (Fsp3) is 0.0526. The first-order valence-corrected chi connectivity index (χ1v) is 8.72. The molecule has 25 heavy (non-hydrogen) atoms. The molecule has 124 valence electrons. The number of halogens is 1. The summed E-state index contributed by atoms with van der Waals surface area (Å²) >= 11 is 1.69. The molecule has 4 rings (SSSR count). The van der Waals surface area contributed by atoms with E-state index < -0.39 is 0 Å². The van der Waals surface area contributed by atoms with Gasteiger partial charge in [-0.15, -0.1) is 11.3 Å². The molecule has 0 saturated carbocycles. The second-order valence-electron chi connectivity index (χ2n) is 5.45. The molecule has 0 spiro atoms. The predicted octanol–water partition coefficient (Wildman–Crippen LogP) is 5.19. The topological polar surface area (TPSA) is 49.8 Å². The summed E-state index contributed by atoms with van der Waals surface area (Å²) in [4.78, 5) is 10.2. The Kier molecular flexibility index (Phi) is 4.26. The van der Waals surface area contributed by atoms with Gasteiger partial charge in [0.2, 0.25) is 5.95 Å². The summed E-state index contributed by atoms with van der Waals surface area (Å²) in [7, 11) is 0. The molecule has 0 saturated heterocycles. The first-order valence-electron chi connectivity index (χ1n) is 7.84. The van der Waals surface area contributed by atoms with E-state index >= 15 is 0 Å². The Morgan fingerprint density at radius 2 is 1.76 bits per heavy atom. The Labute approximate surface area is 148 Å². The van der Waals surface area contributed by atoms with Crippen molar-refractivity contribution in [3.05, 3.63) is 76.7 Å². The summed E-state index contributed by atoms with van der Waals surface area (Å²) in [5.41, 5.74) is 1.15. The highest BCUT2D eigenvalue weighted by atomic mass is 32.1. The number of hydrogen-bond donors (Lipinski definition) is 2. The number of nitrogens with zero attached hydrogens (tertiary/aromatic N) is 2. The number of rotatable bonds is 5. The van der Waals surface area contributed by atoms with E-state index in [0.717, 1.165) is 16.7 Å². The molecule has 0 amide bonds. The number of aromatic nitrogens is 2. The van der Waals surface area contributed by atoms with Crippen LogP contribution in [-0.4, -0.2) is 9.97 Å². The van der Waals surface area contributed by atoms with Gasteiger partial charge in [-0.05, 0) is 35.7 Å². The van der Waals surface area contributed by atoms with Gasteiger partial charge in [0.25, 0.3) is 0 Å². The van der Waals surface area contributed by atoms with Crippen molar-refractivity contribution in [1.82, 2.24) is 9.97 Å². The van der Waals surface area contributed by atoms with Crippen LogP contribution in [0.15, 0.2) is 66.0 Å². The van der Waals surface area contributed by atoms with Crippen molar-refractivity contribution in [2.45, 2.75) is 6.54 Å². The lowest BCUT2D eigenvalue weighted by molar-refractivity contribution is 0.631. The van der Waals surface area contributed by atoms with Crippen molar-refractivity contribution in [3.63, 3.8) is 0 Å². The molecule has 0 unspecified atom stereocenters. The zero-order chi connectivity index (χ0) is 17.1. The van der Waals surface area contributed by atoms with Gasteiger partial charge in [0.05, 0.1) is 17.7 Å². The highest BCUT2D eigenvalue weighted by molar-refractivity contribution is 7.09. The van der Waals surface area contributed by atoms with Crippen molar-refractivity contribution in [2.24, 2.45) is 0 Å². The largest absolute Gasteiger partial charge is 0.364 e. The molecule has 4 aromatic rings. The minimum Gasteiger partial charge on any atom is -0.364 e. The Balaban J connectivity index is 1.69. The Hall–Kier alpha value is -2.99. The Morgan fingerprint density at radius 3 is 2.60 bits per heavy atom. The molecule has 2 aromatic heterocycles. The van der Waals surface area contributed by atoms with Crippen LogP contribution in [0.2, 0.25) is 0 Å². The van der Waals surface area contributed by atoms with E-state index in [1.807, 2.05) is 35.7 Å². The standard InChI is InChI=1S/C19H15FN4S/c20-15-8-2-4-10-17(15)23-19-22-16-9-3-1-7-14(16)18(24-19)21-12-13-6-5-11-25-13/h1-11H,12H2,(H2,21,22,23,24). The summed E-state index contributed by atoms with van der Waals surface area (Å²) in [6, 6.07) is 18.3. The van der Waals surface area contributed by atoms with Crippen LogP contribution in [0.3, 0.4) is 0 Å². The summed E-state index contributed by atoms with van der Waals surface area (Å²) in [5.74, 6) is 0.739. The molecular weight excluding hydrogens is 335 g/mol. The lowest BCUT2D eigenvalue weighted by Crippen LogP contribution is -2.05. The van der Waals surface area contributed by atoms with E-state index in [1.165, 1.54) is 10.9 Å². The van der Waals surface area contributed by atoms with E-state index in [9.17, 15) is 4.39 Å². The van der Waals surface area contributed by atoms with Crippen LogP contribution < -0.4 is 10.6 Å². The quantitative estimate of drug-likeness (QED) is 0.520. The average Bonchev–Trinajstić information content (AvgIpc) is 3.15. The smallest absolute Gasteiger partial charge is 0.229 e. The average molecular weight is 350 g/mol. The fourth-order valence-corrected chi connectivity index (χ4v) is 3.18. The molecule has 0 aliphatic carbocycles. The van der Waals surface area contributed by atoms with Gasteiger partial charge in [-0.2, -0.15) is 4.98 Å². The van der Waals surface area contributed by atoms with Gasteiger partial charge in [0, 0.05) is 10.3 Å². The van der Waals surface area contributed by atoms with Crippen LogP contribution in [0.25, 0.3) is 10.9 Å². The number of benzene rings is 2. The maximum Gasteiger partial charge on any atom is 0.229 e. The van der Waals surface area contributed by atoms with Gasteiger partial charge in [-0.3, -0.25) is 0 Å². The molecule has 2 heterocycles. The minimum atomic E-state index is -0.340. The van der Waals surface area contributed by atoms with Crippen LogP contribution in [0.1, 0.15) is 4.88 Å². The highest BCUT2D eigenvalue weighted by Gasteiger charge is 2.09. The van der Waals surface area contributed by atoms with E-state index in [0.29, 0.717) is 18.2 Å². The SMILES string of the molecule is Fc1ccccc1Nc1nc(NCc2cccs2)c2ccccc2n1. The second kappa shape index (κ2) is 6.86. The molecule has 0 atom stereocenters. The Bertz CT molecular complexity index is 1000. The van der Waals surface area contributed by atoms with Gasteiger partial charge in [0.1, 0.15) is 11.6 Å². The van der Waals surface area contributed by atoms with E-state index in [2.05, 4.69) is 26.7 Å². The molecule has 0 aliphatic heterocycles. The third-order valence-electron chi connectivity index (χ3n) is 3.73.